The zero-order valence-corrected chi connectivity index (χ0v) is 18.5. The minimum absolute atomic E-state index is 0.0297. The molecular formula is C22H23Cl2N3O4. The first-order valence-electron chi connectivity index (χ1n) is 10.4. The lowest BCUT2D eigenvalue weighted by molar-refractivity contribution is -0.173. The Morgan fingerprint density at radius 3 is 2.58 bits per heavy atom. The number of methoxy groups -OCH3 is 1. The number of aliphatic carboxylic acids is 1. The first-order chi connectivity index (χ1) is 14.7. The van der Waals surface area contributed by atoms with Gasteiger partial charge in [0.05, 0.1) is 35.0 Å². The lowest BCUT2D eigenvalue weighted by Crippen LogP contribution is -2.61. The summed E-state index contributed by atoms with van der Waals surface area (Å²) in [6.07, 6.45) is 5.96. The Morgan fingerprint density at radius 1 is 1.26 bits per heavy atom. The van der Waals surface area contributed by atoms with E-state index in [-0.39, 0.29) is 5.02 Å². The molecule has 1 aromatic carbocycles. The number of nitrogens with zero attached hydrogens (tertiary/aromatic N) is 2. The van der Waals surface area contributed by atoms with Crippen molar-refractivity contribution in [3.63, 3.8) is 0 Å². The van der Waals surface area contributed by atoms with Crippen LogP contribution in [0.1, 0.15) is 38.5 Å². The summed E-state index contributed by atoms with van der Waals surface area (Å²) < 4.78 is 6.63. The molecule has 6 rings (SSSR count). The Hall–Kier alpha value is -2.25. The molecule has 1 aromatic heterocycles. The summed E-state index contributed by atoms with van der Waals surface area (Å²) in [5, 5.41) is 18.0. The number of nitrogens with one attached hydrogen (secondary N) is 1. The van der Waals surface area contributed by atoms with Crippen molar-refractivity contribution in [2.75, 3.05) is 12.4 Å². The van der Waals surface area contributed by atoms with Crippen LogP contribution < -0.4 is 15.6 Å². The van der Waals surface area contributed by atoms with Crippen molar-refractivity contribution in [1.82, 2.24) is 9.78 Å². The summed E-state index contributed by atoms with van der Waals surface area (Å²) in [7, 11) is 1.54. The maximum atomic E-state index is 13.3. The molecule has 0 saturated heterocycles. The summed E-state index contributed by atoms with van der Waals surface area (Å²) in [6.45, 7) is 0. The van der Waals surface area contributed by atoms with Crippen LogP contribution in [0, 0.1) is 17.3 Å². The molecule has 164 valence electrons. The van der Waals surface area contributed by atoms with Crippen molar-refractivity contribution >= 4 is 40.5 Å². The molecule has 4 bridgehead atoms. The van der Waals surface area contributed by atoms with Crippen molar-refractivity contribution in [2.45, 2.75) is 44.1 Å². The minimum Gasteiger partial charge on any atom is -0.495 e. The van der Waals surface area contributed by atoms with Crippen LogP contribution in [0.3, 0.4) is 0 Å². The zero-order valence-electron chi connectivity index (χ0n) is 17.0. The molecule has 4 saturated carbocycles. The third kappa shape index (κ3) is 3.21. The average molecular weight is 464 g/mol. The number of benzene rings is 1. The second-order valence-electron chi connectivity index (χ2n) is 9.33. The maximum absolute atomic E-state index is 13.3. The van der Waals surface area contributed by atoms with Gasteiger partial charge >= 0.3 is 5.97 Å². The lowest BCUT2D eigenvalue weighted by Gasteiger charge is -2.60. The molecule has 2 N–H and O–H groups in total. The molecule has 7 nitrogen and oxygen atoms in total. The Bertz CT molecular complexity index is 1120. The highest BCUT2D eigenvalue weighted by atomic mass is 35.5. The molecule has 2 atom stereocenters. The number of carboxylic acid groups (broad SMARTS) is 1. The maximum Gasteiger partial charge on any atom is 0.309 e. The predicted octanol–water partition coefficient (Wildman–Crippen LogP) is 4.68. The summed E-state index contributed by atoms with van der Waals surface area (Å²) in [5.41, 5.74) is -0.707. The van der Waals surface area contributed by atoms with Crippen molar-refractivity contribution in [2.24, 2.45) is 17.3 Å². The molecule has 0 amide bonds. The normalized spacial score (nSPS) is 30.9. The topological polar surface area (TPSA) is 93.4 Å². The molecule has 4 fully saturated rings. The third-order valence-corrected chi connectivity index (χ3v) is 7.94. The Balaban J connectivity index is 1.49. The SMILES string of the molecule is COc1ccc(Nc2cnn(C34C[C@H]5C[C@@H](CC(C(=O)O)(C5)C3)C4)c(=O)c2Cl)cc1Cl. The van der Waals surface area contributed by atoms with E-state index in [1.54, 1.807) is 18.2 Å². The fourth-order valence-electron chi connectivity index (χ4n) is 6.47. The van der Waals surface area contributed by atoms with Gasteiger partial charge < -0.3 is 15.2 Å². The van der Waals surface area contributed by atoms with Gasteiger partial charge in [-0.25, -0.2) is 4.68 Å². The number of hydrogen-bond acceptors (Lipinski definition) is 5. The molecule has 0 unspecified atom stereocenters. The quantitative estimate of drug-likeness (QED) is 0.668. The van der Waals surface area contributed by atoms with Crippen molar-refractivity contribution in [3.8, 4) is 5.75 Å². The van der Waals surface area contributed by atoms with Crippen LogP contribution in [0.15, 0.2) is 29.2 Å². The molecule has 0 spiro atoms. The van der Waals surface area contributed by atoms with E-state index < -0.39 is 22.5 Å². The average Bonchev–Trinajstić information content (AvgIpc) is 2.70. The molecular weight excluding hydrogens is 441 g/mol. The fourth-order valence-corrected chi connectivity index (χ4v) is 6.90. The van der Waals surface area contributed by atoms with Crippen LogP contribution in [0.25, 0.3) is 0 Å². The molecule has 4 aliphatic carbocycles. The Labute approximate surface area is 189 Å². The van der Waals surface area contributed by atoms with Gasteiger partial charge in [0.1, 0.15) is 10.8 Å². The van der Waals surface area contributed by atoms with E-state index in [4.69, 9.17) is 27.9 Å². The predicted molar refractivity (Wildman–Crippen MR) is 118 cm³/mol. The van der Waals surface area contributed by atoms with Gasteiger partial charge in [-0.15, -0.1) is 0 Å². The van der Waals surface area contributed by atoms with Gasteiger partial charge in [-0.2, -0.15) is 5.10 Å². The van der Waals surface area contributed by atoms with E-state index in [1.165, 1.54) is 18.0 Å². The van der Waals surface area contributed by atoms with Gasteiger partial charge in [-0.3, -0.25) is 9.59 Å². The molecule has 0 aliphatic heterocycles. The lowest BCUT2D eigenvalue weighted by atomic mass is 9.47. The van der Waals surface area contributed by atoms with Gasteiger partial charge in [0.25, 0.3) is 5.56 Å². The monoisotopic (exact) mass is 463 g/mol. The Kier molecular flexibility index (Phi) is 4.75. The highest BCUT2D eigenvalue weighted by molar-refractivity contribution is 6.33. The molecule has 31 heavy (non-hydrogen) atoms. The van der Waals surface area contributed by atoms with Gasteiger partial charge in [-0.05, 0) is 68.6 Å². The minimum atomic E-state index is -0.756. The summed E-state index contributed by atoms with van der Waals surface area (Å²) in [4.78, 5) is 25.4. The summed E-state index contributed by atoms with van der Waals surface area (Å²) >= 11 is 12.7. The first kappa shape index (κ1) is 20.6. The number of hydrogen-bond donors (Lipinski definition) is 2. The second-order valence-corrected chi connectivity index (χ2v) is 10.1. The van der Waals surface area contributed by atoms with Gasteiger partial charge in [0.15, 0.2) is 0 Å². The fraction of sp³-hybridized carbons (Fsp3) is 0.500. The number of rotatable bonds is 5. The molecule has 1 heterocycles. The summed E-state index contributed by atoms with van der Waals surface area (Å²) in [5.74, 6) is 0.411. The molecule has 4 aliphatic rings. The number of carboxylic acids is 1. The highest BCUT2D eigenvalue weighted by Crippen LogP contribution is 2.63. The van der Waals surface area contributed by atoms with Gasteiger partial charge in [-0.1, -0.05) is 23.2 Å². The van der Waals surface area contributed by atoms with Crippen LogP contribution in [0.2, 0.25) is 10.0 Å². The van der Waals surface area contributed by atoms with Crippen LogP contribution in [-0.2, 0) is 10.3 Å². The highest BCUT2D eigenvalue weighted by Gasteiger charge is 2.62. The number of carbonyl (C=O) groups is 1. The molecule has 0 radical (unpaired) electrons. The van der Waals surface area contributed by atoms with E-state index in [1.807, 2.05) is 0 Å². The first-order valence-corrected chi connectivity index (χ1v) is 11.1. The van der Waals surface area contributed by atoms with E-state index >= 15 is 0 Å². The van der Waals surface area contributed by atoms with Crippen LogP contribution in [0.5, 0.6) is 5.75 Å². The smallest absolute Gasteiger partial charge is 0.309 e. The number of ether oxygens (including phenoxy) is 1. The van der Waals surface area contributed by atoms with E-state index in [0.717, 1.165) is 19.3 Å². The zero-order chi connectivity index (χ0) is 22.0. The molecule has 9 heteroatoms. The summed E-state index contributed by atoms with van der Waals surface area (Å²) in [6, 6.07) is 5.16. The standard InChI is InChI=1S/C22H23Cl2N3O4/c1-31-17-3-2-14(5-15(17)23)26-16-10-25-27(19(28)18(16)24)22-8-12-4-13(9-22)7-21(6-12,11-22)20(29)30/h2-3,5,10,12-13,26H,4,6-9,11H2,1H3,(H,29,30)/t12-,13-,21?,22?/m0/s1. The second kappa shape index (κ2) is 7.14. The van der Waals surface area contributed by atoms with Crippen molar-refractivity contribution < 1.29 is 14.6 Å². The van der Waals surface area contributed by atoms with E-state index in [9.17, 15) is 14.7 Å². The van der Waals surface area contributed by atoms with Gasteiger partial charge in [0, 0.05) is 5.69 Å². The molecule has 2 aromatic rings. The van der Waals surface area contributed by atoms with Crippen molar-refractivity contribution in [3.05, 3.63) is 44.8 Å². The Morgan fingerprint density at radius 2 is 1.97 bits per heavy atom. The van der Waals surface area contributed by atoms with Gasteiger partial charge in [0.2, 0.25) is 0 Å². The van der Waals surface area contributed by atoms with Crippen LogP contribution >= 0.6 is 23.2 Å². The number of anilines is 2. The number of halogens is 2. The van der Waals surface area contributed by atoms with E-state index in [2.05, 4.69) is 10.4 Å². The van der Waals surface area contributed by atoms with E-state index in [0.29, 0.717) is 53.2 Å². The third-order valence-electron chi connectivity index (χ3n) is 7.28. The van der Waals surface area contributed by atoms with Crippen LogP contribution in [0.4, 0.5) is 11.4 Å². The van der Waals surface area contributed by atoms with Crippen molar-refractivity contribution in [1.29, 1.82) is 0 Å². The number of aromatic nitrogens is 2. The largest absolute Gasteiger partial charge is 0.495 e. The van der Waals surface area contributed by atoms with Crippen LogP contribution in [-0.4, -0.2) is 28.0 Å².